The zero-order valence-corrected chi connectivity index (χ0v) is 13.8. The molecule has 0 aliphatic heterocycles. The van der Waals surface area contributed by atoms with Crippen LogP contribution in [0.25, 0.3) is 0 Å². The average molecular weight is 339 g/mol. The van der Waals surface area contributed by atoms with Gasteiger partial charge in [-0.1, -0.05) is 29.3 Å². The van der Waals surface area contributed by atoms with E-state index >= 15 is 0 Å². The number of benzene rings is 1. The number of rotatable bonds is 4. The van der Waals surface area contributed by atoms with E-state index in [0.29, 0.717) is 16.6 Å². The summed E-state index contributed by atoms with van der Waals surface area (Å²) >= 11 is 12.0. The molecule has 1 aromatic carbocycles. The van der Waals surface area contributed by atoms with E-state index in [1.54, 1.807) is 43.8 Å². The Morgan fingerprint density at radius 2 is 2.14 bits per heavy atom. The summed E-state index contributed by atoms with van der Waals surface area (Å²) in [6.45, 7) is 2.24. The van der Waals surface area contributed by atoms with Crippen molar-refractivity contribution < 1.29 is 4.79 Å². The van der Waals surface area contributed by atoms with Gasteiger partial charge in [0.1, 0.15) is 0 Å². The monoisotopic (exact) mass is 338 g/mol. The van der Waals surface area contributed by atoms with Crippen LogP contribution in [0.3, 0.4) is 0 Å². The summed E-state index contributed by atoms with van der Waals surface area (Å²) in [6.07, 6.45) is 4.81. The van der Waals surface area contributed by atoms with Crippen molar-refractivity contribution in [2.24, 2.45) is 0 Å². The van der Waals surface area contributed by atoms with Crippen LogP contribution in [-0.4, -0.2) is 27.9 Å². The summed E-state index contributed by atoms with van der Waals surface area (Å²) in [7, 11) is 1.69. The third kappa shape index (κ3) is 4.32. The van der Waals surface area contributed by atoms with Gasteiger partial charge in [-0.05, 0) is 24.6 Å². The van der Waals surface area contributed by atoms with Crippen LogP contribution in [-0.2, 0) is 6.54 Å². The van der Waals surface area contributed by atoms with E-state index in [1.807, 2.05) is 6.92 Å². The van der Waals surface area contributed by atoms with Gasteiger partial charge in [-0.2, -0.15) is 0 Å². The van der Waals surface area contributed by atoms with Gasteiger partial charge in [-0.25, -0.2) is 4.79 Å². The molecule has 0 saturated carbocycles. The van der Waals surface area contributed by atoms with Crippen molar-refractivity contribution in [3.05, 3.63) is 58.1 Å². The van der Waals surface area contributed by atoms with E-state index < -0.39 is 0 Å². The molecule has 7 heteroatoms. The zero-order valence-electron chi connectivity index (χ0n) is 12.3. The Hall–Kier alpha value is -1.85. The van der Waals surface area contributed by atoms with E-state index in [2.05, 4.69) is 15.3 Å². The summed E-state index contributed by atoms with van der Waals surface area (Å²) in [5.41, 5.74) is 1.53. The number of carbonyl (C=O) groups excluding carboxylic acids is 1. The molecule has 0 spiro atoms. The fourth-order valence-corrected chi connectivity index (χ4v) is 2.52. The van der Waals surface area contributed by atoms with Gasteiger partial charge in [-0.3, -0.25) is 9.97 Å². The van der Waals surface area contributed by atoms with Gasteiger partial charge in [-0.15, -0.1) is 0 Å². The number of hydrogen-bond donors (Lipinski definition) is 1. The quantitative estimate of drug-likeness (QED) is 0.924. The number of aromatic nitrogens is 2. The fourth-order valence-electron chi connectivity index (χ4n) is 1.95. The molecule has 1 heterocycles. The molecule has 5 nitrogen and oxygen atoms in total. The Morgan fingerprint density at radius 3 is 2.77 bits per heavy atom. The summed E-state index contributed by atoms with van der Waals surface area (Å²) in [6, 6.07) is 4.75. The number of nitrogens with zero attached hydrogens (tertiary/aromatic N) is 3. The van der Waals surface area contributed by atoms with E-state index in [9.17, 15) is 4.79 Å². The van der Waals surface area contributed by atoms with E-state index in [1.165, 1.54) is 4.90 Å². The molecule has 0 saturated heterocycles. The van der Waals surface area contributed by atoms with Crippen molar-refractivity contribution in [2.75, 3.05) is 7.05 Å². The Bertz CT molecular complexity index is 651. The highest BCUT2D eigenvalue weighted by Crippen LogP contribution is 2.26. The van der Waals surface area contributed by atoms with Crippen LogP contribution >= 0.6 is 23.2 Å². The van der Waals surface area contributed by atoms with Gasteiger partial charge in [0.05, 0.1) is 24.5 Å². The van der Waals surface area contributed by atoms with Crippen molar-refractivity contribution in [1.82, 2.24) is 20.2 Å². The lowest BCUT2D eigenvalue weighted by Crippen LogP contribution is -2.38. The molecule has 0 aliphatic carbocycles. The maximum absolute atomic E-state index is 12.2. The summed E-state index contributed by atoms with van der Waals surface area (Å²) in [5.74, 6) is 0. The third-order valence-corrected chi connectivity index (χ3v) is 3.69. The van der Waals surface area contributed by atoms with E-state index in [4.69, 9.17) is 23.2 Å². The van der Waals surface area contributed by atoms with Gasteiger partial charge in [0.15, 0.2) is 0 Å². The maximum atomic E-state index is 12.2. The molecule has 0 bridgehead atoms. The van der Waals surface area contributed by atoms with Crippen LogP contribution in [0.15, 0.2) is 36.8 Å². The average Bonchev–Trinajstić information content (AvgIpc) is 2.47. The molecule has 0 unspecified atom stereocenters. The maximum Gasteiger partial charge on any atom is 0.317 e. The molecule has 22 heavy (non-hydrogen) atoms. The van der Waals surface area contributed by atoms with Gasteiger partial charge >= 0.3 is 6.03 Å². The van der Waals surface area contributed by atoms with Crippen molar-refractivity contribution in [3.63, 3.8) is 0 Å². The molecule has 1 aromatic heterocycles. The lowest BCUT2D eigenvalue weighted by atomic mass is 10.1. The number of halogens is 2. The van der Waals surface area contributed by atoms with Crippen LogP contribution in [0.1, 0.15) is 24.2 Å². The lowest BCUT2D eigenvalue weighted by Gasteiger charge is -2.22. The molecule has 0 radical (unpaired) electrons. The second-order valence-electron chi connectivity index (χ2n) is 4.89. The predicted octanol–water partition coefficient (Wildman–Crippen LogP) is 3.69. The predicted molar refractivity (Wildman–Crippen MR) is 86.9 cm³/mol. The van der Waals surface area contributed by atoms with Crippen molar-refractivity contribution in [1.29, 1.82) is 0 Å². The second-order valence-corrected chi connectivity index (χ2v) is 5.73. The summed E-state index contributed by atoms with van der Waals surface area (Å²) < 4.78 is 0. The topological polar surface area (TPSA) is 58.1 Å². The smallest absolute Gasteiger partial charge is 0.317 e. The molecule has 1 N–H and O–H groups in total. The van der Waals surface area contributed by atoms with Gasteiger partial charge in [0.25, 0.3) is 0 Å². The van der Waals surface area contributed by atoms with Gasteiger partial charge in [0.2, 0.25) is 0 Å². The largest absolute Gasteiger partial charge is 0.331 e. The number of nitrogens with one attached hydrogen (secondary N) is 1. The molecule has 0 fully saturated rings. The first-order chi connectivity index (χ1) is 10.5. The number of amides is 2. The highest BCUT2D eigenvalue weighted by Gasteiger charge is 2.16. The number of urea groups is 1. The Balaban J connectivity index is 1.98. The molecular weight excluding hydrogens is 323 g/mol. The normalized spacial score (nSPS) is 11.8. The van der Waals surface area contributed by atoms with Crippen LogP contribution in [0.4, 0.5) is 4.79 Å². The first kappa shape index (κ1) is 16.5. The molecule has 2 aromatic rings. The Kier molecular flexibility index (Phi) is 5.57. The molecule has 2 rings (SSSR count). The first-order valence-corrected chi connectivity index (χ1v) is 7.44. The van der Waals surface area contributed by atoms with Crippen LogP contribution < -0.4 is 5.32 Å². The van der Waals surface area contributed by atoms with Gasteiger partial charge < -0.3 is 10.2 Å². The fraction of sp³-hybridized carbons (Fsp3) is 0.267. The summed E-state index contributed by atoms with van der Waals surface area (Å²) in [5, 5.41) is 3.97. The number of carbonyl (C=O) groups is 1. The summed E-state index contributed by atoms with van der Waals surface area (Å²) in [4.78, 5) is 21.9. The van der Waals surface area contributed by atoms with Crippen LogP contribution in [0.5, 0.6) is 0 Å². The molecular formula is C15H16Cl2N4O. The Labute approximate surface area is 139 Å². The van der Waals surface area contributed by atoms with Crippen molar-refractivity contribution >= 4 is 29.2 Å². The molecule has 2 amide bonds. The van der Waals surface area contributed by atoms with Crippen LogP contribution in [0.2, 0.25) is 10.0 Å². The standard InChI is InChI=1S/C15H16Cl2N4O/c1-10(13-4-3-11(16)7-14(13)17)20-15(22)21(2)9-12-8-18-5-6-19-12/h3-8,10H,9H2,1-2H3,(H,20,22)/t10-/m0/s1. The van der Waals surface area contributed by atoms with E-state index in [0.717, 1.165) is 11.3 Å². The lowest BCUT2D eigenvalue weighted by molar-refractivity contribution is 0.203. The first-order valence-electron chi connectivity index (χ1n) is 6.69. The molecule has 1 atom stereocenters. The number of hydrogen-bond acceptors (Lipinski definition) is 3. The second kappa shape index (κ2) is 7.42. The zero-order chi connectivity index (χ0) is 16.1. The highest BCUT2D eigenvalue weighted by molar-refractivity contribution is 6.35. The minimum Gasteiger partial charge on any atom is -0.331 e. The SMILES string of the molecule is C[C@H](NC(=O)N(C)Cc1cnccn1)c1ccc(Cl)cc1Cl. The molecule has 0 aliphatic rings. The van der Waals surface area contributed by atoms with E-state index in [-0.39, 0.29) is 12.1 Å². The minimum atomic E-state index is -0.235. The Morgan fingerprint density at radius 1 is 1.36 bits per heavy atom. The van der Waals surface area contributed by atoms with Crippen molar-refractivity contribution in [3.8, 4) is 0 Å². The molecule has 116 valence electrons. The van der Waals surface area contributed by atoms with Crippen LogP contribution in [0, 0.1) is 0 Å². The third-order valence-electron chi connectivity index (χ3n) is 3.13. The minimum absolute atomic E-state index is 0.218. The van der Waals surface area contributed by atoms with Crippen molar-refractivity contribution in [2.45, 2.75) is 19.5 Å². The van der Waals surface area contributed by atoms with Gasteiger partial charge in [0, 0.05) is 29.5 Å². The highest BCUT2D eigenvalue weighted by atomic mass is 35.5.